The van der Waals surface area contributed by atoms with Crippen molar-refractivity contribution in [1.29, 1.82) is 0 Å². The SMILES string of the molecule is O=C(NCCc1ccc[nH]1)C1CCC(CO)CC1. The molecule has 4 heteroatoms. The molecule has 2 rings (SSSR count). The number of rotatable bonds is 5. The van der Waals surface area contributed by atoms with Gasteiger partial charge < -0.3 is 15.4 Å². The highest BCUT2D eigenvalue weighted by molar-refractivity contribution is 5.78. The largest absolute Gasteiger partial charge is 0.396 e. The van der Waals surface area contributed by atoms with Gasteiger partial charge in [-0.2, -0.15) is 0 Å². The minimum Gasteiger partial charge on any atom is -0.396 e. The molecule has 0 bridgehead atoms. The van der Waals surface area contributed by atoms with Crippen LogP contribution in [0.3, 0.4) is 0 Å². The van der Waals surface area contributed by atoms with Crippen molar-refractivity contribution in [1.82, 2.24) is 10.3 Å². The van der Waals surface area contributed by atoms with E-state index in [0.717, 1.165) is 37.8 Å². The number of nitrogens with one attached hydrogen (secondary N) is 2. The normalized spacial score (nSPS) is 23.8. The number of H-pyrrole nitrogens is 1. The van der Waals surface area contributed by atoms with Gasteiger partial charge in [-0.3, -0.25) is 4.79 Å². The second kappa shape index (κ2) is 6.59. The van der Waals surface area contributed by atoms with Gasteiger partial charge in [0.15, 0.2) is 0 Å². The van der Waals surface area contributed by atoms with Gasteiger partial charge in [-0.05, 0) is 43.7 Å². The standard InChI is InChI=1S/C14H22N2O2/c17-10-11-3-5-12(6-4-11)14(18)16-9-7-13-2-1-8-15-13/h1-2,8,11-12,15,17H,3-7,9-10H2,(H,16,18). The molecule has 1 aromatic heterocycles. The molecule has 1 fully saturated rings. The van der Waals surface area contributed by atoms with E-state index in [4.69, 9.17) is 5.11 Å². The molecule has 1 aromatic rings. The Morgan fingerprint density at radius 2 is 2.17 bits per heavy atom. The smallest absolute Gasteiger partial charge is 0.223 e. The second-order valence-corrected chi connectivity index (χ2v) is 5.14. The van der Waals surface area contributed by atoms with Gasteiger partial charge in [0.25, 0.3) is 0 Å². The quantitative estimate of drug-likeness (QED) is 0.741. The summed E-state index contributed by atoms with van der Waals surface area (Å²) in [7, 11) is 0. The number of aliphatic hydroxyl groups is 1. The Balaban J connectivity index is 1.66. The van der Waals surface area contributed by atoms with Crippen LogP contribution in [0.2, 0.25) is 0 Å². The van der Waals surface area contributed by atoms with Crippen LogP contribution in [0.25, 0.3) is 0 Å². The summed E-state index contributed by atoms with van der Waals surface area (Å²) in [5.74, 6) is 0.738. The first kappa shape index (κ1) is 13.1. The molecule has 4 nitrogen and oxygen atoms in total. The number of carbonyl (C=O) groups is 1. The van der Waals surface area contributed by atoms with Gasteiger partial charge in [0, 0.05) is 37.4 Å². The molecule has 0 unspecified atom stereocenters. The van der Waals surface area contributed by atoms with Crippen molar-refractivity contribution in [2.75, 3.05) is 13.2 Å². The Bertz CT molecular complexity index is 354. The number of aliphatic hydroxyl groups excluding tert-OH is 1. The summed E-state index contributed by atoms with van der Waals surface area (Å²) in [6.45, 7) is 0.959. The number of hydrogen-bond acceptors (Lipinski definition) is 2. The highest BCUT2D eigenvalue weighted by Crippen LogP contribution is 2.28. The van der Waals surface area contributed by atoms with Gasteiger partial charge >= 0.3 is 0 Å². The predicted molar refractivity (Wildman–Crippen MR) is 70.0 cm³/mol. The Morgan fingerprint density at radius 1 is 1.39 bits per heavy atom. The zero-order chi connectivity index (χ0) is 12.8. The fraction of sp³-hybridized carbons (Fsp3) is 0.643. The van der Waals surface area contributed by atoms with E-state index in [-0.39, 0.29) is 18.4 Å². The van der Waals surface area contributed by atoms with Crippen molar-refractivity contribution < 1.29 is 9.90 Å². The van der Waals surface area contributed by atoms with Crippen molar-refractivity contribution >= 4 is 5.91 Å². The van der Waals surface area contributed by atoms with Crippen molar-refractivity contribution in [2.45, 2.75) is 32.1 Å². The zero-order valence-corrected chi connectivity index (χ0v) is 10.7. The minimum absolute atomic E-state index is 0.149. The summed E-state index contributed by atoms with van der Waals surface area (Å²) in [5, 5.41) is 12.1. The van der Waals surface area contributed by atoms with E-state index in [1.165, 1.54) is 0 Å². The molecule has 0 aliphatic heterocycles. The third kappa shape index (κ3) is 3.60. The molecule has 0 radical (unpaired) electrons. The second-order valence-electron chi connectivity index (χ2n) is 5.14. The number of carbonyl (C=O) groups excluding carboxylic acids is 1. The minimum atomic E-state index is 0.149. The fourth-order valence-corrected chi connectivity index (χ4v) is 2.59. The van der Waals surface area contributed by atoms with E-state index < -0.39 is 0 Å². The zero-order valence-electron chi connectivity index (χ0n) is 10.7. The van der Waals surface area contributed by atoms with Crippen molar-refractivity contribution in [3.8, 4) is 0 Å². The lowest BCUT2D eigenvalue weighted by Crippen LogP contribution is -2.34. The van der Waals surface area contributed by atoms with Gasteiger partial charge in [-0.25, -0.2) is 0 Å². The number of aromatic nitrogens is 1. The average Bonchev–Trinajstić information content (AvgIpc) is 2.92. The van der Waals surface area contributed by atoms with Crippen LogP contribution in [-0.4, -0.2) is 29.1 Å². The Kier molecular flexibility index (Phi) is 4.81. The Hall–Kier alpha value is -1.29. The number of amides is 1. The summed E-state index contributed by atoms with van der Waals surface area (Å²) < 4.78 is 0. The summed E-state index contributed by atoms with van der Waals surface area (Å²) in [6, 6.07) is 3.99. The molecule has 0 aromatic carbocycles. The molecule has 1 aliphatic carbocycles. The molecule has 3 N–H and O–H groups in total. The summed E-state index contributed by atoms with van der Waals surface area (Å²) in [6.07, 6.45) is 6.54. The van der Waals surface area contributed by atoms with E-state index in [1.54, 1.807) is 0 Å². The van der Waals surface area contributed by atoms with Gasteiger partial charge in [0.2, 0.25) is 5.91 Å². The Morgan fingerprint density at radius 3 is 2.78 bits per heavy atom. The first-order valence-electron chi connectivity index (χ1n) is 6.80. The molecule has 0 saturated heterocycles. The molecule has 0 spiro atoms. The van der Waals surface area contributed by atoms with Crippen LogP contribution in [-0.2, 0) is 11.2 Å². The van der Waals surface area contributed by atoms with Crippen molar-refractivity contribution in [3.05, 3.63) is 24.0 Å². The van der Waals surface area contributed by atoms with Gasteiger partial charge in [-0.15, -0.1) is 0 Å². The molecular formula is C14H22N2O2. The summed E-state index contributed by atoms with van der Waals surface area (Å²) in [5.41, 5.74) is 1.15. The van der Waals surface area contributed by atoms with E-state index in [2.05, 4.69) is 10.3 Å². The highest BCUT2D eigenvalue weighted by atomic mass is 16.3. The predicted octanol–water partition coefficient (Wildman–Crippen LogP) is 1.47. The van der Waals surface area contributed by atoms with Crippen LogP contribution in [0.15, 0.2) is 18.3 Å². The van der Waals surface area contributed by atoms with Crippen LogP contribution in [0, 0.1) is 11.8 Å². The maximum atomic E-state index is 11.9. The van der Waals surface area contributed by atoms with Crippen LogP contribution in [0.5, 0.6) is 0 Å². The van der Waals surface area contributed by atoms with Crippen LogP contribution < -0.4 is 5.32 Å². The van der Waals surface area contributed by atoms with Gasteiger partial charge in [0.1, 0.15) is 0 Å². The average molecular weight is 250 g/mol. The molecular weight excluding hydrogens is 228 g/mol. The highest BCUT2D eigenvalue weighted by Gasteiger charge is 2.25. The lowest BCUT2D eigenvalue weighted by molar-refractivity contribution is -0.126. The van der Waals surface area contributed by atoms with E-state index in [9.17, 15) is 4.79 Å². The topological polar surface area (TPSA) is 65.1 Å². The third-order valence-corrected chi connectivity index (χ3v) is 3.83. The van der Waals surface area contributed by atoms with Gasteiger partial charge in [0.05, 0.1) is 0 Å². The maximum Gasteiger partial charge on any atom is 0.223 e. The third-order valence-electron chi connectivity index (χ3n) is 3.83. The van der Waals surface area contributed by atoms with Crippen molar-refractivity contribution in [2.24, 2.45) is 11.8 Å². The molecule has 1 heterocycles. The van der Waals surface area contributed by atoms with E-state index in [1.807, 2.05) is 18.3 Å². The molecule has 1 aliphatic rings. The first-order chi connectivity index (χ1) is 8.79. The van der Waals surface area contributed by atoms with Crippen LogP contribution in [0.1, 0.15) is 31.4 Å². The summed E-state index contributed by atoms with van der Waals surface area (Å²) >= 11 is 0. The Labute approximate surface area is 108 Å². The first-order valence-corrected chi connectivity index (χ1v) is 6.80. The summed E-state index contributed by atoms with van der Waals surface area (Å²) in [4.78, 5) is 15.1. The lowest BCUT2D eigenvalue weighted by atomic mass is 9.82. The van der Waals surface area contributed by atoms with E-state index in [0.29, 0.717) is 12.5 Å². The molecule has 1 saturated carbocycles. The number of hydrogen-bond donors (Lipinski definition) is 3. The monoisotopic (exact) mass is 250 g/mol. The lowest BCUT2D eigenvalue weighted by Gasteiger charge is -2.26. The maximum absolute atomic E-state index is 11.9. The molecule has 1 amide bonds. The fourth-order valence-electron chi connectivity index (χ4n) is 2.59. The van der Waals surface area contributed by atoms with Crippen LogP contribution in [0.4, 0.5) is 0 Å². The molecule has 0 atom stereocenters. The van der Waals surface area contributed by atoms with Crippen molar-refractivity contribution in [3.63, 3.8) is 0 Å². The van der Waals surface area contributed by atoms with E-state index >= 15 is 0 Å². The van der Waals surface area contributed by atoms with Gasteiger partial charge in [-0.1, -0.05) is 0 Å². The molecule has 18 heavy (non-hydrogen) atoms. The molecule has 100 valence electrons. The number of aromatic amines is 1. The van der Waals surface area contributed by atoms with Crippen LogP contribution >= 0.6 is 0 Å².